The van der Waals surface area contributed by atoms with E-state index in [0.717, 1.165) is 24.9 Å². The molecule has 2 nitrogen and oxygen atoms in total. The van der Waals surface area contributed by atoms with Crippen molar-refractivity contribution in [2.45, 2.75) is 39.7 Å². The fraction of sp³-hybridized carbons (Fsp3) is 0.647. The largest absolute Gasteiger partial charge is 0.371 e. The molecule has 2 unspecified atom stereocenters. The van der Waals surface area contributed by atoms with Gasteiger partial charge in [-0.3, -0.25) is 0 Å². The van der Waals surface area contributed by atoms with Gasteiger partial charge in [0.15, 0.2) is 0 Å². The lowest BCUT2D eigenvalue weighted by Gasteiger charge is -2.23. The molecule has 1 heterocycles. The Morgan fingerprint density at radius 2 is 1.95 bits per heavy atom. The maximum Gasteiger partial charge on any atom is 0.0412 e. The van der Waals surface area contributed by atoms with Gasteiger partial charge in [-0.05, 0) is 49.8 Å². The van der Waals surface area contributed by atoms with Crippen LogP contribution in [0.5, 0.6) is 0 Å². The molecular formula is C17H26N2. The highest BCUT2D eigenvalue weighted by Crippen LogP contribution is 2.40. The van der Waals surface area contributed by atoms with Crippen LogP contribution < -0.4 is 10.2 Å². The van der Waals surface area contributed by atoms with Crippen LogP contribution >= 0.6 is 0 Å². The first-order chi connectivity index (χ1) is 9.28. The second kappa shape index (κ2) is 5.54. The number of hydrogen-bond donors (Lipinski definition) is 1. The quantitative estimate of drug-likeness (QED) is 0.891. The molecule has 1 saturated carbocycles. The highest BCUT2D eigenvalue weighted by Gasteiger charge is 2.36. The molecule has 0 spiro atoms. The first kappa shape index (κ1) is 13.0. The van der Waals surface area contributed by atoms with Crippen molar-refractivity contribution in [3.8, 4) is 0 Å². The van der Waals surface area contributed by atoms with Crippen LogP contribution in [0.4, 0.5) is 5.69 Å². The number of nitrogens with one attached hydrogen (secondary N) is 1. The summed E-state index contributed by atoms with van der Waals surface area (Å²) < 4.78 is 0. The van der Waals surface area contributed by atoms with Crippen LogP contribution in [0.3, 0.4) is 0 Å². The summed E-state index contributed by atoms with van der Waals surface area (Å²) in [6.07, 6.45) is 4.37. The number of rotatable bonds is 4. The van der Waals surface area contributed by atoms with E-state index in [2.05, 4.69) is 42.3 Å². The van der Waals surface area contributed by atoms with Gasteiger partial charge in [0.25, 0.3) is 0 Å². The SMILES string of the molecule is CCNCc1cc(C)ccc1N1CC2CCCC2C1. The maximum absolute atomic E-state index is 3.48. The van der Waals surface area contributed by atoms with Crippen molar-refractivity contribution in [3.63, 3.8) is 0 Å². The maximum atomic E-state index is 3.48. The third-order valence-corrected chi connectivity index (χ3v) is 4.87. The van der Waals surface area contributed by atoms with Crippen LogP contribution in [-0.2, 0) is 6.54 Å². The third-order valence-electron chi connectivity index (χ3n) is 4.87. The number of hydrogen-bond acceptors (Lipinski definition) is 2. The molecule has 0 aromatic heterocycles. The molecule has 3 rings (SSSR count). The number of aryl methyl sites for hydroxylation is 1. The van der Waals surface area contributed by atoms with Gasteiger partial charge < -0.3 is 10.2 Å². The molecule has 1 aliphatic heterocycles. The first-order valence-corrected chi connectivity index (χ1v) is 7.83. The zero-order valence-electron chi connectivity index (χ0n) is 12.3. The van der Waals surface area contributed by atoms with E-state index in [4.69, 9.17) is 0 Å². The predicted molar refractivity (Wildman–Crippen MR) is 81.6 cm³/mol. The van der Waals surface area contributed by atoms with Gasteiger partial charge in [0, 0.05) is 25.3 Å². The Morgan fingerprint density at radius 3 is 2.63 bits per heavy atom. The van der Waals surface area contributed by atoms with Gasteiger partial charge in [-0.15, -0.1) is 0 Å². The van der Waals surface area contributed by atoms with E-state index in [-0.39, 0.29) is 0 Å². The van der Waals surface area contributed by atoms with Crippen LogP contribution in [-0.4, -0.2) is 19.6 Å². The summed E-state index contributed by atoms with van der Waals surface area (Å²) in [5.41, 5.74) is 4.32. The van der Waals surface area contributed by atoms with E-state index in [1.165, 1.54) is 49.2 Å². The smallest absolute Gasteiger partial charge is 0.0412 e. The topological polar surface area (TPSA) is 15.3 Å². The van der Waals surface area contributed by atoms with E-state index in [1.54, 1.807) is 0 Å². The van der Waals surface area contributed by atoms with Gasteiger partial charge in [0.2, 0.25) is 0 Å². The Hall–Kier alpha value is -1.02. The van der Waals surface area contributed by atoms with Crippen LogP contribution in [0.25, 0.3) is 0 Å². The summed E-state index contributed by atoms with van der Waals surface area (Å²) >= 11 is 0. The number of benzene rings is 1. The van der Waals surface area contributed by atoms with Crippen molar-refractivity contribution in [1.82, 2.24) is 5.32 Å². The van der Waals surface area contributed by atoms with E-state index in [1.807, 2.05) is 0 Å². The molecule has 2 atom stereocenters. The van der Waals surface area contributed by atoms with Gasteiger partial charge >= 0.3 is 0 Å². The molecule has 1 N–H and O–H groups in total. The lowest BCUT2D eigenvalue weighted by Crippen LogP contribution is -2.23. The molecular weight excluding hydrogens is 232 g/mol. The Morgan fingerprint density at radius 1 is 1.21 bits per heavy atom. The van der Waals surface area contributed by atoms with Crippen LogP contribution in [0.15, 0.2) is 18.2 Å². The van der Waals surface area contributed by atoms with Gasteiger partial charge in [0.05, 0.1) is 0 Å². The van der Waals surface area contributed by atoms with Gasteiger partial charge in [0.1, 0.15) is 0 Å². The van der Waals surface area contributed by atoms with E-state index in [9.17, 15) is 0 Å². The minimum atomic E-state index is 0.966. The molecule has 1 aromatic rings. The average Bonchev–Trinajstić information content (AvgIpc) is 2.97. The highest BCUT2D eigenvalue weighted by molar-refractivity contribution is 5.56. The van der Waals surface area contributed by atoms with Crippen LogP contribution in [0.2, 0.25) is 0 Å². The summed E-state index contributed by atoms with van der Waals surface area (Å²) in [5, 5.41) is 3.48. The molecule has 0 radical (unpaired) electrons. The molecule has 2 aliphatic rings. The Bertz CT molecular complexity index is 429. The summed E-state index contributed by atoms with van der Waals surface area (Å²) in [6.45, 7) is 8.98. The fourth-order valence-electron chi connectivity index (χ4n) is 3.86. The van der Waals surface area contributed by atoms with Crippen molar-refractivity contribution in [3.05, 3.63) is 29.3 Å². The molecule has 0 bridgehead atoms. The Kier molecular flexibility index (Phi) is 3.79. The molecule has 1 saturated heterocycles. The Balaban J connectivity index is 1.79. The number of fused-ring (bicyclic) bond motifs is 1. The second-order valence-electron chi connectivity index (χ2n) is 6.27. The minimum absolute atomic E-state index is 0.966. The molecule has 104 valence electrons. The Labute approximate surface area is 117 Å². The standard InChI is InChI=1S/C17H26N2/c1-3-18-10-16-9-13(2)7-8-17(16)19-11-14-5-4-6-15(14)12-19/h7-9,14-15,18H,3-6,10-12H2,1-2H3. The summed E-state index contributed by atoms with van der Waals surface area (Å²) in [6, 6.07) is 6.95. The van der Waals surface area contributed by atoms with Crippen LogP contribution in [0.1, 0.15) is 37.3 Å². The van der Waals surface area contributed by atoms with Crippen molar-refractivity contribution in [2.75, 3.05) is 24.5 Å². The van der Waals surface area contributed by atoms with Crippen molar-refractivity contribution < 1.29 is 0 Å². The van der Waals surface area contributed by atoms with Crippen molar-refractivity contribution >= 4 is 5.69 Å². The molecule has 1 aromatic carbocycles. The molecule has 0 amide bonds. The highest BCUT2D eigenvalue weighted by atomic mass is 15.2. The molecule has 19 heavy (non-hydrogen) atoms. The lowest BCUT2D eigenvalue weighted by atomic mass is 10.0. The van der Waals surface area contributed by atoms with Crippen molar-refractivity contribution in [1.29, 1.82) is 0 Å². The summed E-state index contributed by atoms with van der Waals surface area (Å²) in [4.78, 5) is 2.64. The normalized spacial score (nSPS) is 25.9. The van der Waals surface area contributed by atoms with E-state index < -0.39 is 0 Å². The zero-order valence-corrected chi connectivity index (χ0v) is 12.3. The predicted octanol–water partition coefficient (Wildman–Crippen LogP) is 3.34. The molecule has 2 fully saturated rings. The summed E-state index contributed by atoms with van der Waals surface area (Å²) in [5.74, 6) is 1.93. The monoisotopic (exact) mass is 258 g/mol. The van der Waals surface area contributed by atoms with Gasteiger partial charge in [-0.2, -0.15) is 0 Å². The van der Waals surface area contributed by atoms with E-state index in [0.29, 0.717) is 0 Å². The molecule has 1 aliphatic carbocycles. The third kappa shape index (κ3) is 2.64. The first-order valence-electron chi connectivity index (χ1n) is 7.83. The minimum Gasteiger partial charge on any atom is -0.371 e. The zero-order chi connectivity index (χ0) is 13.2. The summed E-state index contributed by atoms with van der Waals surface area (Å²) in [7, 11) is 0. The van der Waals surface area contributed by atoms with Gasteiger partial charge in [-0.25, -0.2) is 0 Å². The van der Waals surface area contributed by atoms with Crippen LogP contribution in [0, 0.1) is 18.8 Å². The fourth-order valence-corrected chi connectivity index (χ4v) is 3.86. The second-order valence-corrected chi connectivity index (χ2v) is 6.27. The lowest BCUT2D eigenvalue weighted by molar-refractivity contribution is 0.494. The van der Waals surface area contributed by atoms with Gasteiger partial charge in [-0.1, -0.05) is 31.0 Å². The number of anilines is 1. The number of nitrogens with zero attached hydrogens (tertiary/aromatic N) is 1. The van der Waals surface area contributed by atoms with E-state index >= 15 is 0 Å². The average molecular weight is 258 g/mol. The van der Waals surface area contributed by atoms with Crippen molar-refractivity contribution in [2.24, 2.45) is 11.8 Å². The molecule has 2 heteroatoms.